The highest BCUT2D eigenvalue weighted by atomic mass is 31.2. The summed E-state index contributed by atoms with van der Waals surface area (Å²) in [4.78, 5) is 72.9. The standard InChI is InChI=1S/C79H140O17P2/c1-5-9-13-17-21-25-29-33-36-40-43-47-51-55-59-63-76(81)89-69-74(95-78(83)65-61-57-53-49-45-39-32-28-24-20-16-12-8-4)71-93-97(85,86)91-67-73(80)68-92-98(87,88)94-72-75(96-79(84)66-62-58-54-50-46-42-38-35-31-27-23-19-15-11-7-3)70-90-77(82)64-60-56-52-48-44-41-37-34-30-26-22-18-14-10-6-2/h9,13,16,20-22,25-26,28,32-34,36-37,73-75,80H,5-8,10-12,14-15,17-19,23-24,27,29-31,35,38-72H2,1-4H3,(H,85,86)(H,87,88)/b13-9-,20-16-,25-21-,26-22-,32-28-,36-33-,37-34-. The third-order valence-electron chi connectivity index (χ3n) is 16.3. The largest absolute Gasteiger partial charge is 0.472 e. The number of rotatable bonds is 73. The van der Waals surface area contributed by atoms with Gasteiger partial charge in [0.15, 0.2) is 12.2 Å². The van der Waals surface area contributed by atoms with Crippen LogP contribution in [-0.4, -0.2) is 96.7 Å². The molecular formula is C79H140O17P2. The Bertz CT molecular complexity index is 2190. The smallest absolute Gasteiger partial charge is 0.462 e. The van der Waals surface area contributed by atoms with E-state index >= 15 is 0 Å². The summed E-state index contributed by atoms with van der Waals surface area (Å²) in [5, 5.41) is 10.6. The van der Waals surface area contributed by atoms with Gasteiger partial charge < -0.3 is 33.8 Å². The van der Waals surface area contributed by atoms with Gasteiger partial charge in [0, 0.05) is 25.7 Å². The number of carbonyl (C=O) groups excluding carboxylic acids is 4. The van der Waals surface area contributed by atoms with E-state index in [4.69, 9.17) is 37.0 Å². The molecule has 0 aromatic carbocycles. The highest BCUT2D eigenvalue weighted by Gasteiger charge is 2.30. The van der Waals surface area contributed by atoms with Gasteiger partial charge in [0.1, 0.15) is 19.3 Å². The van der Waals surface area contributed by atoms with Gasteiger partial charge in [0.25, 0.3) is 0 Å². The minimum absolute atomic E-state index is 0.0756. The van der Waals surface area contributed by atoms with Crippen molar-refractivity contribution in [1.29, 1.82) is 0 Å². The molecule has 568 valence electrons. The first-order valence-electron chi connectivity index (χ1n) is 38.8. The van der Waals surface area contributed by atoms with Crippen LogP contribution in [0.4, 0.5) is 0 Å². The van der Waals surface area contributed by atoms with Gasteiger partial charge in [-0.15, -0.1) is 0 Å². The first kappa shape index (κ1) is 94.2. The van der Waals surface area contributed by atoms with Crippen LogP contribution < -0.4 is 0 Å². The Labute approximate surface area is 595 Å². The van der Waals surface area contributed by atoms with Crippen molar-refractivity contribution in [2.45, 2.75) is 354 Å². The number of esters is 4. The van der Waals surface area contributed by atoms with Crippen LogP contribution in [0.3, 0.4) is 0 Å². The third-order valence-corrected chi connectivity index (χ3v) is 18.2. The van der Waals surface area contributed by atoms with Crippen LogP contribution in [0.25, 0.3) is 0 Å². The number of unbranched alkanes of at least 4 members (excludes halogenated alkanes) is 33. The highest BCUT2D eigenvalue weighted by molar-refractivity contribution is 7.47. The molecule has 0 saturated carbocycles. The molecule has 3 N–H and O–H groups in total. The van der Waals surface area contributed by atoms with E-state index in [0.29, 0.717) is 25.7 Å². The van der Waals surface area contributed by atoms with Crippen molar-refractivity contribution in [3.8, 4) is 0 Å². The SMILES string of the molecule is CC/C=C\C/C=C\C/C=C\CCCCCCCC(=O)OCC(COP(=O)(O)OCC(O)COP(=O)(O)OCC(COC(=O)CCCCCCC/C=C\C/C=C\CCCCC)OC(=O)CCCCCCCCCCCCCCCCC)OC(=O)CCCCCCC/C=C\C/C=C\CCC. The van der Waals surface area contributed by atoms with E-state index < -0.39 is 97.5 Å². The fourth-order valence-corrected chi connectivity index (χ4v) is 12.0. The molecule has 0 spiro atoms. The summed E-state index contributed by atoms with van der Waals surface area (Å²) in [7, 11) is -9.95. The van der Waals surface area contributed by atoms with Gasteiger partial charge in [0.05, 0.1) is 26.4 Å². The second-order valence-electron chi connectivity index (χ2n) is 25.9. The Morgan fingerprint density at radius 1 is 0.296 bits per heavy atom. The third kappa shape index (κ3) is 70.7. The fourth-order valence-electron chi connectivity index (χ4n) is 10.4. The lowest BCUT2D eigenvalue weighted by atomic mass is 10.0. The molecule has 0 aromatic rings. The molecule has 0 aliphatic heterocycles. The molecule has 0 aliphatic rings. The minimum Gasteiger partial charge on any atom is -0.462 e. The van der Waals surface area contributed by atoms with Crippen molar-refractivity contribution >= 4 is 39.5 Å². The van der Waals surface area contributed by atoms with E-state index in [0.717, 1.165) is 173 Å². The monoisotopic (exact) mass is 1420 g/mol. The molecule has 0 amide bonds. The number of phosphoric ester groups is 2. The quantitative estimate of drug-likeness (QED) is 0.0169. The van der Waals surface area contributed by atoms with Crippen LogP contribution in [-0.2, 0) is 65.4 Å². The Kier molecular flexibility index (Phi) is 68.9. The summed E-state index contributed by atoms with van der Waals surface area (Å²) >= 11 is 0. The number of ether oxygens (including phenoxy) is 4. The van der Waals surface area contributed by atoms with Gasteiger partial charge in [0.2, 0.25) is 0 Å². The molecule has 19 heteroatoms. The van der Waals surface area contributed by atoms with Crippen LogP contribution in [0.5, 0.6) is 0 Å². The van der Waals surface area contributed by atoms with Gasteiger partial charge in [-0.1, -0.05) is 280 Å². The lowest BCUT2D eigenvalue weighted by molar-refractivity contribution is -0.161. The predicted octanol–water partition coefficient (Wildman–Crippen LogP) is 22.2. The average Bonchev–Trinajstić information content (AvgIpc) is 0.959. The molecule has 0 aromatic heterocycles. The maximum absolute atomic E-state index is 13.1. The zero-order chi connectivity index (χ0) is 71.8. The lowest BCUT2D eigenvalue weighted by Crippen LogP contribution is -2.30. The number of carbonyl (C=O) groups is 4. The number of allylic oxidation sites excluding steroid dienone is 14. The van der Waals surface area contributed by atoms with Crippen LogP contribution in [0.1, 0.15) is 336 Å². The molecule has 0 saturated heterocycles. The van der Waals surface area contributed by atoms with Crippen LogP contribution >= 0.6 is 15.6 Å². The van der Waals surface area contributed by atoms with Gasteiger partial charge in [-0.3, -0.25) is 37.3 Å². The number of aliphatic hydroxyl groups excluding tert-OH is 1. The summed E-state index contributed by atoms with van der Waals surface area (Å²) < 4.78 is 68.5. The van der Waals surface area contributed by atoms with Crippen LogP contribution in [0.15, 0.2) is 85.1 Å². The van der Waals surface area contributed by atoms with Crippen LogP contribution in [0.2, 0.25) is 0 Å². The molecule has 0 rings (SSSR count). The zero-order valence-electron chi connectivity index (χ0n) is 62.0. The van der Waals surface area contributed by atoms with Crippen molar-refractivity contribution in [3.05, 3.63) is 85.1 Å². The summed E-state index contributed by atoms with van der Waals surface area (Å²) in [6.45, 7) is 4.66. The van der Waals surface area contributed by atoms with Gasteiger partial charge in [-0.25, -0.2) is 9.13 Å². The Balaban J connectivity index is 5.35. The van der Waals surface area contributed by atoms with Gasteiger partial charge >= 0.3 is 39.5 Å². The Morgan fingerprint density at radius 3 is 0.878 bits per heavy atom. The predicted molar refractivity (Wildman–Crippen MR) is 399 cm³/mol. The molecule has 0 fully saturated rings. The molecule has 0 bridgehead atoms. The summed E-state index contributed by atoms with van der Waals surface area (Å²) in [5.74, 6) is -2.20. The number of hydrogen-bond donors (Lipinski definition) is 3. The fraction of sp³-hybridized carbons (Fsp3) is 0.772. The van der Waals surface area contributed by atoms with E-state index in [1.165, 1.54) is 83.5 Å². The number of phosphoric acid groups is 2. The summed E-state index contributed by atoms with van der Waals surface area (Å²) in [6, 6.07) is 0. The average molecular weight is 1420 g/mol. The second-order valence-corrected chi connectivity index (χ2v) is 28.8. The summed E-state index contributed by atoms with van der Waals surface area (Å²) in [6.07, 6.45) is 72.8. The van der Waals surface area contributed by atoms with Crippen molar-refractivity contribution < 1.29 is 80.2 Å². The molecule has 0 heterocycles. The molecule has 5 unspecified atom stereocenters. The van der Waals surface area contributed by atoms with E-state index in [1.807, 2.05) is 0 Å². The maximum Gasteiger partial charge on any atom is 0.472 e. The highest BCUT2D eigenvalue weighted by Crippen LogP contribution is 2.45. The normalized spacial score (nSPS) is 14.4. The maximum atomic E-state index is 13.1. The summed E-state index contributed by atoms with van der Waals surface area (Å²) in [5.41, 5.74) is 0. The van der Waals surface area contributed by atoms with Gasteiger partial charge in [-0.2, -0.15) is 0 Å². The van der Waals surface area contributed by atoms with E-state index in [-0.39, 0.29) is 25.7 Å². The molecule has 0 aliphatic carbocycles. The Morgan fingerprint density at radius 2 is 0.551 bits per heavy atom. The van der Waals surface area contributed by atoms with Crippen molar-refractivity contribution in [1.82, 2.24) is 0 Å². The first-order chi connectivity index (χ1) is 47.7. The van der Waals surface area contributed by atoms with Gasteiger partial charge in [-0.05, 0) is 116 Å². The lowest BCUT2D eigenvalue weighted by Gasteiger charge is -2.21. The topological polar surface area (TPSA) is 237 Å². The van der Waals surface area contributed by atoms with Crippen molar-refractivity contribution in [3.63, 3.8) is 0 Å². The Hall–Kier alpha value is -3.76. The zero-order valence-corrected chi connectivity index (χ0v) is 63.7. The number of aliphatic hydroxyl groups is 1. The van der Waals surface area contributed by atoms with E-state index in [9.17, 15) is 43.2 Å². The van der Waals surface area contributed by atoms with E-state index in [1.54, 1.807) is 0 Å². The molecule has 0 radical (unpaired) electrons. The second kappa shape index (κ2) is 71.6. The molecule has 98 heavy (non-hydrogen) atoms. The molecule has 5 atom stereocenters. The van der Waals surface area contributed by atoms with Crippen molar-refractivity contribution in [2.75, 3.05) is 39.6 Å². The van der Waals surface area contributed by atoms with E-state index in [2.05, 4.69) is 113 Å². The molecule has 17 nitrogen and oxygen atoms in total. The minimum atomic E-state index is -4.98. The van der Waals surface area contributed by atoms with Crippen molar-refractivity contribution in [2.24, 2.45) is 0 Å². The first-order valence-corrected chi connectivity index (χ1v) is 41.8. The van der Waals surface area contributed by atoms with Crippen LogP contribution in [0, 0.1) is 0 Å². The molecular weight excluding hydrogens is 1280 g/mol. The number of hydrogen-bond acceptors (Lipinski definition) is 15.